The molecule has 0 unspecified atom stereocenters. The molecule has 5 heteroatoms. The molecule has 4 aliphatic carbocycles. The van der Waals surface area contributed by atoms with Gasteiger partial charge in [0.15, 0.2) is 5.75 Å². The zero-order valence-electron chi connectivity index (χ0n) is 15.8. The first kappa shape index (κ1) is 17.4. The third-order valence-electron chi connectivity index (χ3n) is 7.08. The molecule has 0 spiro atoms. The molecule has 0 aromatic heterocycles. The predicted octanol–water partition coefficient (Wildman–Crippen LogP) is 5.52. The molecule has 4 fully saturated rings. The molecule has 144 valence electrons. The number of nitrogens with zero attached hydrogens (tertiary/aromatic N) is 2. The van der Waals surface area contributed by atoms with Crippen molar-refractivity contribution in [1.29, 1.82) is 0 Å². The maximum atomic E-state index is 10.9. The summed E-state index contributed by atoms with van der Waals surface area (Å²) in [5.41, 5.74) is 2.97. The second-order valence-electron chi connectivity index (χ2n) is 9.01. The Morgan fingerprint density at radius 2 is 1.61 bits per heavy atom. The summed E-state index contributed by atoms with van der Waals surface area (Å²) in [5.74, 6) is 2.44. The molecule has 2 aromatic rings. The van der Waals surface area contributed by atoms with Gasteiger partial charge in [-0.3, -0.25) is 15.1 Å². The van der Waals surface area contributed by atoms with Crippen molar-refractivity contribution in [2.24, 2.45) is 22.7 Å². The van der Waals surface area contributed by atoms with E-state index in [1.807, 2.05) is 0 Å². The van der Waals surface area contributed by atoms with Gasteiger partial charge in [0.25, 0.3) is 0 Å². The van der Waals surface area contributed by atoms with Gasteiger partial charge in [0, 0.05) is 12.3 Å². The third kappa shape index (κ3) is 2.99. The summed E-state index contributed by atoms with van der Waals surface area (Å²) in [7, 11) is 0. The van der Waals surface area contributed by atoms with Crippen LogP contribution in [0.2, 0.25) is 0 Å². The first-order valence-corrected chi connectivity index (χ1v) is 10.1. The van der Waals surface area contributed by atoms with E-state index in [1.54, 1.807) is 12.3 Å². The van der Waals surface area contributed by atoms with Gasteiger partial charge < -0.3 is 5.11 Å². The minimum Gasteiger partial charge on any atom is -0.502 e. The fourth-order valence-electron chi connectivity index (χ4n) is 6.28. The molecule has 5 nitrogen and oxygen atoms in total. The predicted molar refractivity (Wildman–Crippen MR) is 108 cm³/mol. The molecule has 0 radical (unpaired) electrons. The van der Waals surface area contributed by atoms with Crippen LogP contribution in [0.1, 0.15) is 49.7 Å². The van der Waals surface area contributed by atoms with E-state index in [-0.39, 0.29) is 11.4 Å². The van der Waals surface area contributed by atoms with E-state index >= 15 is 0 Å². The topological polar surface area (TPSA) is 75.7 Å². The number of aliphatic imine (C=N–C) groups is 1. The number of benzene rings is 2. The minimum absolute atomic E-state index is 0.305. The van der Waals surface area contributed by atoms with Crippen molar-refractivity contribution in [3.8, 4) is 5.75 Å². The lowest BCUT2D eigenvalue weighted by Gasteiger charge is -2.57. The average Bonchev–Trinajstić information content (AvgIpc) is 2.66. The van der Waals surface area contributed by atoms with Crippen LogP contribution in [-0.4, -0.2) is 16.2 Å². The van der Waals surface area contributed by atoms with Crippen LogP contribution in [0.15, 0.2) is 47.5 Å². The molecule has 6 rings (SSSR count). The quantitative estimate of drug-likeness (QED) is 0.434. The standard InChI is InChI=1S/C23H24N2O3/c26-22-6-1-15(10-21(22)25(27)28)14-24-20-4-2-19(3-5-20)23-11-16-7-17(12-23)9-18(8-16)13-23/h1-6,10,14,16-18,26H,7-9,11-13H2. The number of hydrogen-bond donors (Lipinski definition) is 1. The van der Waals surface area contributed by atoms with Crippen molar-refractivity contribution in [3.05, 3.63) is 63.7 Å². The lowest BCUT2D eigenvalue weighted by Crippen LogP contribution is -2.48. The second kappa shape index (κ2) is 6.43. The van der Waals surface area contributed by atoms with E-state index in [9.17, 15) is 15.2 Å². The van der Waals surface area contributed by atoms with Crippen LogP contribution < -0.4 is 0 Å². The number of rotatable bonds is 4. The van der Waals surface area contributed by atoms with Crippen LogP contribution in [-0.2, 0) is 5.41 Å². The number of phenolic OH excluding ortho intramolecular Hbond substituents is 1. The van der Waals surface area contributed by atoms with Gasteiger partial charge in [-0.05, 0) is 97.1 Å². The Labute approximate surface area is 164 Å². The minimum atomic E-state index is -0.590. The Hall–Kier alpha value is -2.69. The Balaban J connectivity index is 1.35. The van der Waals surface area contributed by atoms with Crippen molar-refractivity contribution in [2.75, 3.05) is 0 Å². The first-order valence-electron chi connectivity index (χ1n) is 10.1. The molecule has 0 atom stereocenters. The van der Waals surface area contributed by atoms with Gasteiger partial charge >= 0.3 is 5.69 Å². The van der Waals surface area contributed by atoms with Gasteiger partial charge in [-0.25, -0.2) is 0 Å². The average molecular weight is 376 g/mol. The van der Waals surface area contributed by atoms with Gasteiger partial charge in [0.1, 0.15) is 0 Å². The molecule has 0 amide bonds. The Morgan fingerprint density at radius 3 is 2.18 bits per heavy atom. The maximum absolute atomic E-state index is 10.9. The van der Waals surface area contributed by atoms with Crippen LogP contribution in [0.3, 0.4) is 0 Å². The third-order valence-corrected chi connectivity index (χ3v) is 7.08. The van der Waals surface area contributed by atoms with Crippen molar-refractivity contribution in [2.45, 2.75) is 43.9 Å². The number of phenols is 1. The maximum Gasteiger partial charge on any atom is 0.311 e. The second-order valence-corrected chi connectivity index (χ2v) is 9.01. The van der Waals surface area contributed by atoms with Gasteiger partial charge in [-0.2, -0.15) is 0 Å². The van der Waals surface area contributed by atoms with Crippen LogP contribution in [0, 0.1) is 27.9 Å². The molecular weight excluding hydrogens is 352 g/mol. The van der Waals surface area contributed by atoms with Crippen LogP contribution in [0.4, 0.5) is 11.4 Å². The molecule has 4 saturated carbocycles. The Kier molecular flexibility index (Phi) is 4.00. The largest absolute Gasteiger partial charge is 0.502 e. The van der Waals surface area contributed by atoms with Gasteiger partial charge in [-0.15, -0.1) is 0 Å². The van der Waals surface area contributed by atoms with Gasteiger partial charge in [-0.1, -0.05) is 12.1 Å². The summed E-state index contributed by atoms with van der Waals surface area (Å²) in [6.45, 7) is 0. The number of nitro groups is 1. The Bertz CT molecular complexity index is 914. The number of hydrogen-bond acceptors (Lipinski definition) is 4. The highest BCUT2D eigenvalue weighted by Crippen LogP contribution is 2.60. The molecule has 0 saturated heterocycles. The van der Waals surface area contributed by atoms with E-state index < -0.39 is 4.92 Å². The van der Waals surface area contributed by atoms with Crippen molar-refractivity contribution in [1.82, 2.24) is 0 Å². The molecule has 4 bridgehead atoms. The fraction of sp³-hybridized carbons (Fsp3) is 0.435. The highest BCUT2D eigenvalue weighted by Gasteiger charge is 2.51. The van der Waals surface area contributed by atoms with Crippen LogP contribution >= 0.6 is 0 Å². The molecule has 28 heavy (non-hydrogen) atoms. The SMILES string of the molecule is O=[N+]([O-])c1cc(C=Nc2ccc(C34CC5CC(CC(C5)C3)C4)cc2)ccc1O. The molecule has 4 aliphatic rings. The van der Waals surface area contributed by atoms with E-state index in [0.29, 0.717) is 11.0 Å². The molecular formula is C23H24N2O3. The van der Waals surface area contributed by atoms with E-state index in [1.165, 1.54) is 56.2 Å². The van der Waals surface area contributed by atoms with Gasteiger partial charge in [0.05, 0.1) is 10.6 Å². The molecule has 0 aliphatic heterocycles. The van der Waals surface area contributed by atoms with E-state index in [0.717, 1.165) is 23.4 Å². The number of aromatic hydroxyl groups is 1. The summed E-state index contributed by atoms with van der Waals surface area (Å²) in [5, 5.41) is 20.5. The highest BCUT2D eigenvalue weighted by molar-refractivity contribution is 5.83. The molecule has 0 heterocycles. The zero-order valence-corrected chi connectivity index (χ0v) is 15.8. The van der Waals surface area contributed by atoms with Crippen molar-refractivity contribution in [3.63, 3.8) is 0 Å². The number of nitro benzene ring substituents is 1. The first-order chi connectivity index (χ1) is 13.5. The lowest BCUT2D eigenvalue weighted by atomic mass is 9.48. The monoisotopic (exact) mass is 376 g/mol. The highest BCUT2D eigenvalue weighted by atomic mass is 16.6. The van der Waals surface area contributed by atoms with Crippen LogP contribution in [0.25, 0.3) is 0 Å². The van der Waals surface area contributed by atoms with E-state index in [4.69, 9.17) is 0 Å². The zero-order chi connectivity index (χ0) is 19.3. The summed E-state index contributed by atoms with van der Waals surface area (Å²) in [4.78, 5) is 14.8. The molecule has 1 N–H and O–H groups in total. The lowest BCUT2D eigenvalue weighted by molar-refractivity contribution is -0.385. The summed E-state index contributed by atoms with van der Waals surface area (Å²) < 4.78 is 0. The van der Waals surface area contributed by atoms with E-state index in [2.05, 4.69) is 29.3 Å². The Morgan fingerprint density at radius 1 is 1.00 bits per heavy atom. The van der Waals surface area contributed by atoms with Crippen molar-refractivity contribution < 1.29 is 10.0 Å². The summed E-state index contributed by atoms with van der Waals surface area (Å²) >= 11 is 0. The van der Waals surface area contributed by atoms with Gasteiger partial charge in [0.2, 0.25) is 0 Å². The van der Waals surface area contributed by atoms with Crippen molar-refractivity contribution >= 4 is 17.6 Å². The fourth-order valence-corrected chi connectivity index (χ4v) is 6.28. The summed E-state index contributed by atoms with van der Waals surface area (Å²) in [6.07, 6.45) is 9.98. The normalized spacial score (nSPS) is 30.8. The van der Waals surface area contributed by atoms with Crippen LogP contribution in [0.5, 0.6) is 5.75 Å². The summed E-state index contributed by atoms with van der Waals surface area (Å²) in [6, 6.07) is 12.9. The molecule has 2 aromatic carbocycles. The smallest absolute Gasteiger partial charge is 0.311 e.